The molecule has 2 N–H and O–H groups in total. The fraction of sp³-hybridized carbons (Fsp3) is 0.500. The van der Waals surface area contributed by atoms with Crippen LogP contribution in [0.2, 0.25) is 0 Å². The number of fused-ring (bicyclic) bond motifs is 1. The van der Waals surface area contributed by atoms with E-state index < -0.39 is 0 Å². The third-order valence-corrected chi connectivity index (χ3v) is 4.86. The molecule has 2 aliphatic rings. The maximum Gasteiger partial charge on any atom is 0.234 e. The summed E-state index contributed by atoms with van der Waals surface area (Å²) in [7, 11) is 0. The second-order valence-electron chi connectivity index (χ2n) is 6.05. The Morgan fingerprint density at radius 1 is 1.24 bits per heavy atom. The van der Waals surface area contributed by atoms with Gasteiger partial charge in [0.1, 0.15) is 12.4 Å². The molecular weight excluding hydrogens is 266 g/mol. The van der Waals surface area contributed by atoms with Gasteiger partial charge in [-0.05, 0) is 18.9 Å². The molecule has 2 heterocycles. The minimum atomic E-state index is -0.107. The Kier molecular flexibility index (Phi) is 2.96. The van der Waals surface area contributed by atoms with Gasteiger partial charge in [-0.3, -0.25) is 0 Å². The van der Waals surface area contributed by atoms with Gasteiger partial charge in [0, 0.05) is 12.1 Å². The molecule has 2 aromatic rings. The molecule has 1 aromatic heterocycles. The van der Waals surface area contributed by atoms with E-state index in [1.165, 1.54) is 12.8 Å². The summed E-state index contributed by atoms with van der Waals surface area (Å²) in [5, 5.41) is 4.21. The lowest BCUT2D eigenvalue weighted by atomic mass is 9.86. The topological polar surface area (TPSA) is 74.2 Å². The van der Waals surface area contributed by atoms with Crippen LogP contribution in [0.3, 0.4) is 0 Å². The van der Waals surface area contributed by atoms with Crippen LogP contribution in [0.4, 0.5) is 0 Å². The highest BCUT2D eigenvalue weighted by Gasteiger charge is 2.40. The van der Waals surface area contributed by atoms with Crippen molar-refractivity contribution in [2.45, 2.75) is 37.0 Å². The maximum atomic E-state index is 5.99. The van der Waals surface area contributed by atoms with Crippen molar-refractivity contribution in [1.29, 1.82) is 0 Å². The number of benzene rings is 1. The number of para-hydroxylation sites is 1. The molecule has 5 heteroatoms. The summed E-state index contributed by atoms with van der Waals surface area (Å²) < 4.78 is 11.3. The number of hydrogen-bond donors (Lipinski definition) is 1. The summed E-state index contributed by atoms with van der Waals surface area (Å²) >= 11 is 0. The molecule has 4 rings (SSSR count). The van der Waals surface area contributed by atoms with Crippen molar-refractivity contribution >= 4 is 0 Å². The molecule has 1 aliphatic carbocycles. The van der Waals surface area contributed by atoms with Gasteiger partial charge in [-0.15, -0.1) is 0 Å². The third kappa shape index (κ3) is 1.95. The van der Waals surface area contributed by atoms with Gasteiger partial charge in [0.15, 0.2) is 5.82 Å². The van der Waals surface area contributed by atoms with E-state index in [0.29, 0.717) is 19.0 Å². The Morgan fingerprint density at radius 2 is 2.05 bits per heavy atom. The molecule has 1 aliphatic heterocycles. The molecule has 0 radical (unpaired) electrons. The predicted octanol–water partition coefficient (Wildman–Crippen LogP) is 2.36. The number of hydrogen-bond acceptors (Lipinski definition) is 5. The first kappa shape index (κ1) is 12.8. The Balaban J connectivity index is 1.67. The quantitative estimate of drug-likeness (QED) is 0.937. The van der Waals surface area contributed by atoms with E-state index in [4.69, 9.17) is 15.0 Å². The molecule has 1 aromatic carbocycles. The SMILES string of the molecule is NCC1(c2nc(C3COc4ccccc43)no2)CCCC1. The minimum absolute atomic E-state index is 0.0647. The van der Waals surface area contributed by atoms with Crippen molar-refractivity contribution in [1.82, 2.24) is 10.1 Å². The Bertz CT molecular complexity index is 646. The van der Waals surface area contributed by atoms with Crippen LogP contribution < -0.4 is 10.5 Å². The van der Waals surface area contributed by atoms with Crippen molar-refractivity contribution in [3.8, 4) is 5.75 Å². The monoisotopic (exact) mass is 285 g/mol. The first-order chi connectivity index (χ1) is 10.3. The molecule has 0 spiro atoms. The van der Waals surface area contributed by atoms with E-state index in [-0.39, 0.29) is 11.3 Å². The van der Waals surface area contributed by atoms with Crippen molar-refractivity contribution in [2.24, 2.45) is 5.73 Å². The molecule has 1 unspecified atom stereocenters. The molecule has 5 nitrogen and oxygen atoms in total. The fourth-order valence-corrected chi connectivity index (χ4v) is 3.53. The zero-order valence-corrected chi connectivity index (χ0v) is 11.9. The van der Waals surface area contributed by atoms with Gasteiger partial charge in [0.25, 0.3) is 0 Å². The van der Waals surface area contributed by atoms with Crippen LogP contribution in [0.5, 0.6) is 5.75 Å². The predicted molar refractivity (Wildman–Crippen MR) is 77.3 cm³/mol. The molecule has 1 saturated carbocycles. The second-order valence-corrected chi connectivity index (χ2v) is 6.05. The first-order valence-corrected chi connectivity index (χ1v) is 7.58. The summed E-state index contributed by atoms with van der Waals surface area (Å²) in [4.78, 5) is 4.68. The third-order valence-electron chi connectivity index (χ3n) is 4.86. The molecule has 0 saturated heterocycles. The number of aromatic nitrogens is 2. The lowest BCUT2D eigenvalue weighted by molar-refractivity contribution is 0.281. The van der Waals surface area contributed by atoms with Crippen LogP contribution in [0.1, 0.15) is 48.9 Å². The smallest absolute Gasteiger partial charge is 0.234 e. The average molecular weight is 285 g/mol. The van der Waals surface area contributed by atoms with Gasteiger partial charge in [-0.2, -0.15) is 4.98 Å². The lowest BCUT2D eigenvalue weighted by Crippen LogP contribution is -2.32. The zero-order chi connectivity index (χ0) is 14.3. The van der Waals surface area contributed by atoms with Gasteiger partial charge in [0.2, 0.25) is 5.89 Å². The van der Waals surface area contributed by atoms with Crippen molar-refractivity contribution in [2.75, 3.05) is 13.2 Å². The molecular formula is C16H19N3O2. The molecule has 1 atom stereocenters. The second kappa shape index (κ2) is 4.84. The fourth-order valence-electron chi connectivity index (χ4n) is 3.53. The number of nitrogens with two attached hydrogens (primary N) is 1. The molecule has 0 bridgehead atoms. The van der Waals surface area contributed by atoms with Gasteiger partial charge >= 0.3 is 0 Å². The normalized spacial score (nSPS) is 23.0. The number of ether oxygens (including phenoxy) is 1. The highest BCUT2D eigenvalue weighted by Crippen LogP contribution is 2.41. The van der Waals surface area contributed by atoms with E-state index in [9.17, 15) is 0 Å². The van der Waals surface area contributed by atoms with E-state index in [2.05, 4.69) is 16.2 Å². The van der Waals surface area contributed by atoms with Crippen molar-refractivity contribution in [3.63, 3.8) is 0 Å². The van der Waals surface area contributed by atoms with Crippen LogP contribution in [0.25, 0.3) is 0 Å². The van der Waals surface area contributed by atoms with Crippen LogP contribution in [-0.2, 0) is 5.41 Å². The van der Waals surface area contributed by atoms with Crippen LogP contribution >= 0.6 is 0 Å². The van der Waals surface area contributed by atoms with E-state index in [0.717, 1.165) is 30.0 Å². The highest BCUT2D eigenvalue weighted by molar-refractivity contribution is 5.42. The van der Waals surface area contributed by atoms with Gasteiger partial charge in [-0.25, -0.2) is 0 Å². The summed E-state index contributed by atoms with van der Waals surface area (Å²) in [5.74, 6) is 2.41. The van der Waals surface area contributed by atoms with E-state index in [1.54, 1.807) is 0 Å². The van der Waals surface area contributed by atoms with E-state index in [1.807, 2.05) is 18.2 Å². The first-order valence-electron chi connectivity index (χ1n) is 7.58. The number of rotatable bonds is 3. The maximum absolute atomic E-state index is 5.99. The standard InChI is InChI=1S/C16H19N3O2/c17-10-16(7-3-4-8-16)15-18-14(19-21-15)12-9-20-13-6-2-1-5-11(12)13/h1-2,5-6,12H,3-4,7-10,17H2. The summed E-state index contributed by atoms with van der Waals surface area (Å²) in [6, 6.07) is 8.04. The summed E-state index contributed by atoms with van der Waals surface area (Å²) in [6.45, 7) is 1.15. The van der Waals surface area contributed by atoms with Gasteiger partial charge < -0.3 is 15.0 Å². The highest BCUT2D eigenvalue weighted by atomic mass is 16.5. The lowest BCUT2D eigenvalue weighted by Gasteiger charge is -2.21. The Morgan fingerprint density at radius 3 is 2.86 bits per heavy atom. The largest absolute Gasteiger partial charge is 0.492 e. The van der Waals surface area contributed by atoms with E-state index >= 15 is 0 Å². The molecule has 21 heavy (non-hydrogen) atoms. The number of nitrogens with zero attached hydrogens (tertiary/aromatic N) is 2. The van der Waals surface area contributed by atoms with Crippen molar-refractivity contribution in [3.05, 3.63) is 41.5 Å². The van der Waals surface area contributed by atoms with Crippen LogP contribution in [0, 0.1) is 0 Å². The summed E-state index contributed by atoms with van der Waals surface area (Å²) in [5.41, 5.74) is 7.02. The van der Waals surface area contributed by atoms with Crippen LogP contribution in [0.15, 0.2) is 28.8 Å². The Labute approximate surface area is 123 Å². The molecule has 110 valence electrons. The minimum Gasteiger partial charge on any atom is -0.492 e. The average Bonchev–Trinajstić information content (AvgIpc) is 3.25. The van der Waals surface area contributed by atoms with Gasteiger partial charge in [0.05, 0.1) is 11.3 Å². The van der Waals surface area contributed by atoms with Gasteiger partial charge in [-0.1, -0.05) is 36.2 Å². The molecule has 0 amide bonds. The van der Waals surface area contributed by atoms with Crippen LogP contribution in [-0.4, -0.2) is 23.3 Å². The van der Waals surface area contributed by atoms with Crippen molar-refractivity contribution < 1.29 is 9.26 Å². The zero-order valence-electron chi connectivity index (χ0n) is 11.9. The molecule has 1 fully saturated rings. The Hall–Kier alpha value is -1.88. The summed E-state index contributed by atoms with van der Waals surface area (Å²) in [6.07, 6.45) is 4.46.